The van der Waals surface area contributed by atoms with E-state index in [0.29, 0.717) is 12.1 Å². The summed E-state index contributed by atoms with van der Waals surface area (Å²) in [6.45, 7) is 0. The van der Waals surface area contributed by atoms with E-state index in [2.05, 4.69) is 5.32 Å². The van der Waals surface area contributed by atoms with Crippen molar-refractivity contribution in [1.29, 1.82) is 0 Å². The first-order valence-corrected chi connectivity index (χ1v) is 9.05. The first-order chi connectivity index (χ1) is 13.3. The normalized spacial score (nSPS) is 20.2. The van der Waals surface area contributed by atoms with Gasteiger partial charge in [0.2, 0.25) is 5.91 Å². The van der Waals surface area contributed by atoms with Gasteiger partial charge in [-0.3, -0.25) is 4.79 Å². The van der Waals surface area contributed by atoms with E-state index in [1.54, 1.807) is 0 Å². The van der Waals surface area contributed by atoms with Crippen LogP contribution in [0.4, 0.5) is 23.2 Å². The zero-order valence-electron chi connectivity index (χ0n) is 14.0. The molecule has 1 fully saturated rings. The fourth-order valence-corrected chi connectivity index (χ4v) is 4.03. The number of anilines is 1. The summed E-state index contributed by atoms with van der Waals surface area (Å²) in [7, 11) is 0. The lowest BCUT2D eigenvalue weighted by atomic mass is 10.0. The molecule has 1 amide bonds. The number of halogens is 7. The van der Waals surface area contributed by atoms with Crippen LogP contribution in [-0.4, -0.2) is 21.3 Å². The smallest absolute Gasteiger partial charge is 0.419 e. The maximum atomic E-state index is 13.5. The van der Waals surface area contributed by atoms with Crippen molar-refractivity contribution < 1.29 is 32.3 Å². The Hall–Kier alpha value is -2.03. The van der Waals surface area contributed by atoms with Crippen LogP contribution in [0.3, 0.4) is 0 Å². The lowest BCUT2D eigenvalue weighted by Crippen LogP contribution is -2.17. The number of rotatable bonds is 4. The molecule has 11 heteroatoms. The van der Waals surface area contributed by atoms with Crippen molar-refractivity contribution in [2.45, 2.75) is 16.4 Å². The van der Waals surface area contributed by atoms with Gasteiger partial charge < -0.3 is 10.4 Å². The largest absolute Gasteiger partial charge is 0.478 e. The van der Waals surface area contributed by atoms with Crippen molar-refractivity contribution >= 4 is 52.4 Å². The lowest BCUT2D eigenvalue weighted by molar-refractivity contribution is -0.140. The minimum absolute atomic E-state index is 0.0465. The number of alkyl halides is 5. The van der Waals surface area contributed by atoms with Gasteiger partial charge >= 0.3 is 12.1 Å². The molecular formula is C18H10Cl3F4NO3. The molecule has 3 rings (SSSR count). The number of benzene rings is 2. The summed E-state index contributed by atoms with van der Waals surface area (Å²) in [5, 5.41) is 11.4. The number of carbonyl (C=O) groups excluding carboxylic acids is 1. The number of aromatic carboxylic acids is 1. The van der Waals surface area contributed by atoms with Gasteiger partial charge in [0.05, 0.1) is 22.1 Å². The Bertz CT molecular complexity index is 1010. The van der Waals surface area contributed by atoms with Crippen molar-refractivity contribution in [3.63, 3.8) is 0 Å². The van der Waals surface area contributed by atoms with Crippen LogP contribution in [-0.2, 0) is 11.0 Å². The molecule has 2 aromatic rings. The van der Waals surface area contributed by atoms with E-state index in [-0.39, 0.29) is 21.8 Å². The fourth-order valence-electron chi connectivity index (χ4n) is 3.01. The molecule has 2 aromatic carbocycles. The van der Waals surface area contributed by atoms with Crippen LogP contribution in [0.5, 0.6) is 0 Å². The predicted molar refractivity (Wildman–Crippen MR) is 99.1 cm³/mol. The first kappa shape index (κ1) is 21.7. The number of carboxylic acid groups (broad SMARTS) is 1. The number of carboxylic acids is 1. The second kappa shape index (κ2) is 7.34. The average Bonchev–Trinajstić information content (AvgIpc) is 3.18. The van der Waals surface area contributed by atoms with Gasteiger partial charge in [0, 0.05) is 11.6 Å². The predicted octanol–water partition coefficient (Wildman–Crippen LogP) is 5.72. The third-order valence-electron chi connectivity index (χ3n) is 4.46. The van der Waals surface area contributed by atoms with Gasteiger partial charge in [-0.25, -0.2) is 9.18 Å². The molecule has 0 saturated heterocycles. The van der Waals surface area contributed by atoms with Crippen molar-refractivity contribution in [1.82, 2.24) is 0 Å². The van der Waals surface area contributed by atoms with E-state index in [0.717, 1.165) is 12.1 Å². The highest BCUT2D eigenvalue weighted by molar-refractivity contribution is 6.53. The molecule has 1 aliphatic rings. The highest BCUT2D eigenvalue weighted by Crippen LogP contribution is 2.65. The monoisotopic (exact) mass is 469 g/mol. The molecule has 1 aliphatic carbocycles. The molecule has 0 heterocycles. The highest BCUT2D eigenvalue weighted by Gasteiger charge is 2.67. The molecule has 0 aliphatic heterocycles. The van der Waals surface area contributed by atoms with Crippen molar-refractivity contribution in [3.8, 4) is 0 Å². The Morgan fingerprint density at radius 2 is 1.76 bits per heavy atom. The molecule has 0 spiro atoms. The van der Waals surface area contributed by atoms with Gasteiger partial charge in [-0.2, -0.15) is 13.2 Å². The van der Waals surface area contributed by atoms with Crippen LogP contribution >= 0.6 is 34.8 Å². The topological polar surface area (TPSA) is 66.4 Å². The van der Waals surface area contributed by atoms with Gasteiger partial charge in [-0.15, -0.1) is 23.2 Å². The minimum atomic E-state index is -4.93. The van der Waals surface area contributed by atoms with E-state index in [4.69, 9.17) is 39.9 Å². The minimum Gasteiger partial charge on any atom is -0.478 e. The molecular weight excluding hydrogens is 461 g/mol. The van der Waals surface area contributed by atoms with Crippen molar-refractivity contribution in [3.05, 3.63) is 63.9 Å². The van der Waals surface area contributed by atoms with E-state index < -0.39 is 45.6 Å². The summed E-state index contributed by atoms with van der Waals surface area (Å²) in [5.74, 6) is -5.66. The maximum Gasteiger partial charge on any atom is 0.419 e. The first-order valence-electron chi connectivity index (χ1n) is 7.92. The third kappa shape index (κ3) is 4.15. The molecule has 154 valence electrons. The molecule has 0 radical (unpaired) electrons. The summed E-state index contributed by atoms with van der Waals surface area (Å²) >= 11 is 18.0. The van der Waals surface area contributed by atoms with E-state index in [9.17, 15) is 27.2 Å². The molecule has 1 saturated carbocycles. The second-order valence-corrected chi connectivity index (χ2v) is 8.21. The maximum absolute atomic E-state index is 13.5. The van der Waals surface area contributed by atoms with Crippen LogP contribution in [0.15, 0.2) is 36.4 Å². The van der Waals surface area contributed by atoms with E-state index >= 15 is 0 Å². The van der Waals surface area contributed by atoms with Crippen molar-refractivity contribution in [2.24, 2.45) is 5.92 Å². The highest BCUT2D eigenvalue weighted by atomic mass is 35.5. The zero-order chi connectivity index (χ0) is 21.7. The quantitative estimate of drug-likeness (QED) is 0.443. The van der Waals surface area contributed by atoms with Crippen LogP contribution in [0, 0.1) is 11.7 Å². The Balaban J connectivity index is 1.85. The van der Waals surface area contributed by atoms with Crippen LogP contribution in [0.1, 0.15) is 27.4 Å². The summed E-state index contributed by atoms with van der Waals surface area (Å²) < 4.78 is 50.6. The molecule has 1 unspecified atom stereocenters. The summed E-state index contributed by atoms with van der Waals surface area (Å²) in [6.07, 6.45) is -4.93. The molecule has 0 bridgehead atoms. The Labute approximate surface area is 176 Å². The standard InChI is InChI=1S/C18H10Cl3F4NO3/c19-11-3-2-8(6-9(11)16(28)29)26-15(27)14-13(17(14,20)21)7-1-4-12(22)10(5-7)18(23,24)25/h1-6,13-14H,(H,26,27)(H,28,29)/t13?,14-/m1/s1. The number of hydrogen-bond acceptors (Lipinski definition) is 2. The summed E-state index contributed by atoms with van der Waals surface area (Å²) in [4.78, 5) is 23.7. The zero-order valence-corrected chi connectivity index (χ0v) is 16.3. The van der Waals surface area contributed by atoms with E-state index in [1.807, 2.05) is 0 Å². The number of amides is 1. The Morgan fingerprint density at radius 3 is 2.34 bits per heavy atom. The van der Waals surface area contributed by atoms with Crippen molar-refractivity contribution in [2.75, 3.05) is 5.32 Å². The van der Waals surface area contributed by atoms with Gasteiger partial charge in [-0.1, -0.05) is 17.7 Å². The molecule has 2 N–H and O–H groups in total. The van der Waals surface area contributed by atoms with Crippen LogP contribution in [0.25, 0.3) is 0 Å². The molecule has 4 nitrogen and oxygen atoms in total. The third-order valence-corrected chi connectivity index (χ3v) is 5.73. The number of hydrogen-bond donors (Lipinski definition) is 2. The molecule has 2 atom stereocenters. The van der Waals surface area contributed by atoms with Gasteiger partial charge in [0.1, 0.15) is 10.2 Å². The second-order valence-electron chi connectivity index (χ2n) is 6.36. The van der Waals surface area contributed by atoms with Crippen LogP contribution in [0.2, 0.25) is 5.02 Å². The summed E-state index contributed by atoms with van der Waals surface area (Å²) in [6, 6.07) is 5.99. The SMILES string of the molecule is O=C(O)c1cc(NC(=O)[C@H]2C(c3ccc(F)c(C(F)(F)F)c3)C2(Cl)Cl)ccc1Cl. The summed E-state index contributed by atoms with van der Waals surface area (Å²) in [5.41, 5.74) is -1.71. The van der Waals surface area contributed by atoms with Gasteiger partial charge in [-0.05, 0) is 35.9 Å². The van der Waals surface area contributed by atoms with Gasteiger partial charge in [0.25, 0.3) is 0 Å². The lowest BCUT2D eigenvalue weighted by Gasteiger charge is -2.10. The number of carbonyl (C=O) groups is 2. The van der Waals surface area contributed by atoms with E-state index in [1.165, 1.54) is 12.1 Å². The Kier molecular flexibility index (Phi) is 5.49. The molecule has 29 heavy (non-hydrogen) atoms. The Morgan fingerprint density at radius 1 is 1.10 bits per heavy atom. The fraction of sp³-hybridized carbons (Fsp3) is 0.222. The molecule has 0 aromatic heterocycles. The van der Waals surface area contributed by atoms with Gasteiger partial charge in [0.15, 0.2) is 0 Å². The van der Waals surface area contributed by atoms with Crippen LogP contribution < -0.4 is 5.32 Å². The number of nitrogens with one attached hydrogen (secondary N) is 1. The average molecular weight is 471 g/mol.